The lowest BCUT2D eigenvalue weighted by atomic mass is 10.1. The molecule has 3 rings (SSSR count). The Balaban J connectivity index is 1.95. The number of benzene rings is 2. The summed E-state index contributed by atoms with van der Waals surface area (Å²) in [5.41, 5.74) is 3.18. The average molecular weight is 350 g/mol. The van der Waals surface area contributed by atoms with Gasteiger partial charge in [0.25, 0.3) is 11.6 Å². The zero-order valence-corrected chi connectivity index (χ0v) is 14.7. The lowest BCUT2D eigenvalue weighted by Crippen LogP contribution is -2.16. The Labute approximate surface area is 150 Å². The highest BCUT2D eigenvalue weighted by Crippen LogP contribution is 2.23. The Morgan fingerprint density at radius 3 is 2.46 bits per heavy atom. The van der Waals surface area contributed by atoms with E-state index in [-0.39, 0.29) is 11.3 Å². The van der Waals surface area contributed by atoms with Crippen molar-refractivity contribution < 1.29 is 9.72 Å². The van der Waals surface area contributed by atoms with Crippen molar-refractivity contribution in [2.75, 3.05) is 5.32 Å². The minimum atomic E-state index is -0.493. The number of anilines is 1. The lowest BCUT2D eigenvalue weighted by molar-refractivity contribution is -0.385. The molecule has 0 bridgehead atoms. The highest BCUT2D eigenvalue weighted by atomic mass is 16.6. The molecule has 132 valence electrons. The molecule has 0 aliphatic heterocycles. The molecule has 3 aromatic rings. The molecule has 0 unspecified atom stereocenters. The van der Waals surface area contributed by atoms with Crippen LogP contribution in [-0.4, -0.2) is 20.6 Å². The van der Waals surface area contributed by atoms with E-state index in [2.05, 4.69) is 10.4 Å². The van der Waals surface area contributed by atoms with Gasteiger partial charge in [-0.05, 0) is 39.0 Å². The molecule has 0 spiro atoms. The van der Waals surface area contributed by atoms with Crippen LogP contribution in [0.4, 0.5) is 11.5 Å². The quantitative estimate of drug-likeness (QED) is 0.570. The summed E-state index contributed by atoms with van der Waals surface area (Å²) in [6.07, 6.45) is 0. The Morgan fingerprint density at radius 1 is 1.12 bits per heavy atom. The summed E-state index contributed by atoms with van der Waals surface area (Å²) in [4.78, 5) is 23.3. The van der Waals surface area contributed by atoms with Gasteiger partial charge in [-0.15, -0.1) is 0 Å². The molecule has 26 heavy (non-hydrogen) atoms. The van der Waals surface area contributed by atoms with Gasteiger partial charge in [0.1, 0.15) is 5.82 Å². The number of nitro benzene ring substituents is 1. The summed E-state index contributed by atoms with van der Waals surface area (Å²) in [5.74, 6) is 0.0849. The molecular formula is C19H18N4O3. The molecule has 7 nitrogen and oxygen atoms in total. The smallest absolute Gasteiger partial charge is 0.273 e. The van der Waals surface area contributed by atoms with Crippen molar-refractivity contribution in [3.8, 4) is 5.69 Å². The van der Waals surface area contributed by atoms with Gasteiger partial charge in [-0.2, -0.15) is 5.10 Å². The fourth-order valence-corrected chi connectivity index (χ4v) is 2.72. The molecule has 0 aliphatic rings. The minimum Gasteiger partial charge on any atom is -0.306 e. The number of nitro groups is 1. The summed E-state index contributed by atoms with van der Waals surface area (Å²) >= 11 is 0. The first-order chi connectivity index (χ1) is 12.4. The summed E-state index contributed by atoms with van der Waals surface area (Å²) in [6, 6.07) is 14.0. The first kappa shape index (κ1) is 17.3. The number of carbonyl (C=O) groups excluding carboxylic acids is 1. The van der Waals surface area contributed by atoms with Gasteiger partial charge in [0.15, 0.2) is 0 Å². The molecule has 1 aromatic heterocycles. The third-order valence-electron chi connectivity index (χ3n) is 4.10. The second kappa shape index (κ2) is 6.79. The van der Waals surface area contributed by atoms with Gasteiger partial charge in [-0.25, -0.2) is 4.68 Å². The van der Waals surface area contributed by atoms with Crippen LogP contribution < -0.4 is 5.32 Å². The fourth-order valence-electron chi connectivity index (χ4n) is 2.72. The van der Waals surface area contributed by atoms with Gasteiger partial charge in [0.2, 0.25) is 0 Å². The zero-order valence-electron chi connectivity index (χ0n) is 14.7. The predicted octanol–water partition coefficient (Wildman–Crippen LogP) is 3.96. The number of hydrogen-bond donors (Lipinski definition) is 1. The molecule has 1 heterocycles. The van der Waals surface area contributed by atoms with Gasteiger partial charge >= 0.3 is 0 Å². The highest BCUT2D eigenvalue weighted by Gasteiger charge is 2.19. The van der Waals surface area contributed by atoms with Crippen LogP contribution >= 0.6 is 0 Å². The van der Waals surface area contributed by atoms with Gasteiger partial charge < -0.3 is 5.32 Å². The van der Waals surface area contributed by atoms with Crippen LogP contribution in [0.3, 0.4) is 0 Å². The highest BCUT2D eigenvalue weighted by molar-refractivity contribution is 6.05. The van der Waals surface area contributed by atoms with Crippen molar-refractivity contribution in [1.82, 2.24) is 9.78 Å². The van der Waals surface area contributed by atoms with E-state index in [9.17, 15) is 14.9 Å². The molecule has 1 N–H and O–H groups in total. The SMILES string of the molecule is Cc1ccc(-n2nc(C)cc2NC(=O)c2cccc([N+](=O)[O-])c2C)cc1. The van der Waals surface area contributed by atoms with E-state index >= 15 is 0 Å². The Kier molecular flexibility index (Phi) is 4.53. The second-order valence-electron chi connectivity index (χ2n) is 6.08. The summed E-state index contributed by atoms with van der Waals surface area (Å²) in [7, 11) is 0. The normalized spacial score (nSPS) is 10.6. The van der Waals surface area contributed by atoms with Crippen LogP contribution in [0, 0.1) is 30.9 Å². The van der Waals surface area contributed by atoms with Crippen molar-refractivity contribution in [3.05, 3.63) is 81.0 Å². The number of carbonyl (C=O) groups is 1. The van der Waals surface area contributed by atoms with Gasteiger partial charge in [0.05, 0.1) is 16.3 Å². The predicted molar refractivity (Wildman–Crippen MR) is 98.8 cm³/mol. The van der Waals surface area contributed by atoms with Gasteiger partial charge in [0, 0.05) is 23.3 Å². The number of amides is 1. The third kappa shape index (κ3) is 3.32. The van der Waals surface area contributed by atoms with Crippen molar-refractivity contribution in [2.24, 2.45) is 0 Å². The molecular weight excluding hydrogens is 332 g/mol. The molecule has 0 atom stereocenters. The maximum atomic E-state index is 12.7. The van der Waals surface area contributed by atoms with E-state index in [1.54, 1.807) is 23.7 Å². The summed E-state index contributed by atoms with van der Waals surface area (Å²) in [5, 5.41) is 18.3. The molecule has 0 radical (unpaired) electrons. The molecule has 0 aliphatic carbocycles. The number of nitrogens with zero attached hydrogens (tertiary/aromatic N) is 3. The standard InChI is InChI=1S/C19H18N4O3/c1-12-7-9-15(10-8-12)22-18(11-13(2)21-22)20-19(24)16-5-4-6-17(14(16)3)23(25)26/h4-11H,1-3H3,(H,20,24). The van der Waals surface area contributed by atoms with Crippen LogP contribution in [0.5, 0.6) is 0 Å². The molecule has 1 amide bonds. The topological polar surface area (TPSA) is 90.1 Å². The first-order valence-electron chi connectivity index (χ1n) is 8.06. The van der Waals surface area contributed by atoms with Gasteiger partial charge in [-0.3, -0.25) is 14.9 Å². The van der Waals surface area contributed by atoms with E-state index in [0.717, 1.165) is 16.9 Å². The minimum absolute atomic E-state index is 0.0825. The fraction of sp³-hybridized carbons (Fsp3) is 0.158. The molecule has 0 saturated carbocycles. The van der Waals surface area contributed by atoms with Gasteiger partial charge in [-0.1, -0.05) is 23.8 Å². The number of rotatable bonds is 4. The lowest BCUT2D eigenvalue weighted by Gasteiger charge is -2.10. The number of hydrogen-bond acceptors (Lipinski definition) is 4. The largest absolute Gasteiger partial charge is 0.306 e. The van der Waals surface area contributed by atoms with Crippen LogP contribution in [0.1, 0.15) is 27.2 Å². The maximum Gasteiger partial charge on any atom is 0.273 e. The number of nitrogens with one attached hydrogen (secondary N) is 1. The molecule has 2 aromatic carbocycles. The Bertz CT molecular complexity index is 991. The Morgan fingerprint density at radius 2 is 1.81 bits per heavy atom. The number of aryl methyl sites for hydroxylation is 2. The van der Waals surface area contributed by atoms with Crippen LogP contribution in [0.2, 0.25) is 0 Å². The van der Waals surface area contributed by atoms with E-state index in [4.69, 9.17) is 0 Å². The Hall–Kier alpha value is -3.48. The van der Waals surface area contributed by atoms with E-state index < -0.39 is 10.8 Å². The van der Waals surface area contributed by atoms with E-state index in [1.807, 2.05) is 38.1 Å². The van der Waals surface area contributed by atoms with Crippen molar-refractivity contribution >= 4 is 17.4 Å². The third-order valence-corrected chi connectivity index (χ3v) is 4.10. The molecule has 0 saturated heterocycles. The van der Waals surface area contributed by atoms with Crippen molar-refractivity contribution in [1.29, 1.82) is 0 Å². The summed E-state index contributed by atoms with van der Waals surface area (Å²) in [6.45, 7) is 5.39. The first-order valence-corrected chi connectivity index (χ1v) is 8.06. The molecule has 0 fully saturated rings. The monoisotopic (exact) mass is 350 g/mol. The summed E-state index contributed by atoms with van der Waals surface area (Å²) < 4.78 is 1.64. The van der Waals surface area contributed by atoms with Crippen molar-refractivity contribution in [3.63, 3.8) is 0 Å². The zero-order chi connectivity index (χ0) is 18.8. The van der Waals surface area contributed by atoms with Crippen LogP contribution in [0.25, 0.3) is 5.69 Å². The van der Waals surface area contributed by atoms with Crippen LogP contribution in [0.15, 0.2) is 48.5 Å². The average Bonchev–Trinajstić information content (AvgIpc) is 2.95. The molecule has 7 heteroatoms. The maximum absolute atomic E-state index is 12.7. The van der Waals surface area contributed by atoms with E-state index in [0.29, 0.717) is 11.4 Å². The van der Waals surface area contributed by atoms with Crippen LogP contribution in [-0.2, 0) is 0 Å². The van der Waals surface area contributed by atoms with Crippen molar-refractivity contribution in [2.45, 2.75) is 20.8 Å². The number of aromatic nitrogens is 2. The van der Waals surface area contributed by atoms with E-state index in [1.165, 1.54) is 12.1 Å². The second-order valence-corrected chi connectivity index (χ2v) is 6.08.